The number of methoxy groups -OCH3 is 1. The molecule has 29 heavy (non-hydrogen) atoms. The zero-order valence-corrected chi connectivity index (χ0v) is 15.8. The average Bonchev–Trinajstić information content (AvgIpc) is 3.36. The second-order valence-electron chi connectivity index (χ2n) is 6.32. The van der Waals surface area contributed by atoms with Crippen molar-refractivity contribution in [2.45, 2.75) is 6.42 Å². The number of nitrogens with one attached hydrogen (secondary N) is 1. The number of rotatable bonds is 7. The molecule has 0 bridgehead atoms. The maximum absolute atomic E-state index is 10.9. The number of hydrogen-bond acceptors (Lipinski definition) is 8. The quantitative estimate of drug-likeness (QED) is 0.375. The maximum atomic E-state index is 10.9. The van der Waals surface area contributed by atoms with Gasteiger partial charge in [-0.1, -0.05) is 12.1 Å². The van der Waals surface area contributed by atoms with Crippen LogP contribution < -0.4 is 10.1 Å². The number of hydrogen-bond donors (Lipinski definition) is 1. The summed E-state index contributed by atoms with van der Waals surface area (Å²) in [4.78, 5) is 19.2. The highest BCUT2D eigenvalue weighted by Crippen LogP contribution is 2.28. The molecule has 0 spiro atoms. The van der Waals surface area contributed by atoms with Crippen LogP contribution in [0.4, 0.5) is 11.7 Å². The number of benzene rings is 1. The highest BCUT2D eigenvalue weighted by atomic mass is 16.6. The van der Waals surface area contributed by atoms with Gasteiger partial charge in [-0.3, -0.25) is 14.8 Å². The molecule has 0 saturated carbocycles. The molecule has 0 unspecified atom stereocenters. The molecule has 0 fully saturated rings. The number of nitrogens with zero attached hydrogens (tertiary/aromatic N) is 5. The first-order valence-electron chi connectivity index (χ1n) is 8.86. The molecule has 10 nitrogen and oxygen atoms in total. The lowest BCUT2D eigenvalue weighted by molar-refractivity contribution is -0.401. The van der Waals surface area contributed by atoms with Crippen LogP contribution in [0.3, 0.4) is 0 Å². The molecule has 0 radical (unpaired) electrons. The Morgan fingerprint density at radius 3 is 2.69 bits per heavy atom. The first-order chi connectivity index (χ1) is 14.0. The lowest BCUT2D eigenvalue weighted by Crippen LogP contribution is -2.08. The van der Waals surface area contributed by atoms with Crippen LogP contribution in [0.1, 0.15) is 5.56 Å². The van der Waals surface area contributed by atoms with Crippen LogP contribution in [0.25, 0.3) is 22.6 Å². The van der Waals surface area contributed by atoms with Crippen molar-refractivity contribution >= 4 is 22.7 Å². The Morgan fingerprint density at radius 2 is 2.00 bits per heavy atom. The fraction of sp³-hybridized carbons (Fsp3) is 0.211. The summed E-state index contributed by atoms with van der Waals surface area (Å²) in [5.74, 6) is 1.51. The van der Waals surface area contributed by atoms with Crippen molar-refractivity contribution in [3.8, 4) is 17.3 Å². The van der Waals surface area contributed by atoms with Gasteiger partial charge in [0.1, 0.15) is 16.5 Å². The summed E-state index contributed by atoms with van der Waals surface area (Å²) in [6, 6.07) is 10.6. The Kier molecular flexibility index (Phi) is 4.82. The molecule has 1 N–H and O–H groups in total. The fourth-order valence-corrected chi connectivity index (χ4v) is 2.93. The molecule has 0 aliphatic rings. The Balaban J connectivity index is 1.59. The average molecular weight is 394 g/mol. The topological polar surface area (TPSA) is 121 Å². The summed E-state index contributed by atoms with van der Waals surface area (Å²) >= 11 is 0. The van der Waals surface area contributed by atoms with Gasteiger partial charge >= 0.3 is 5.88 Å². The Labute approximate surface area is 165 Å². The van der Waals surface area contributed by atoms with E-state index in [9.17, 15) is 10.1 Å². The van der Waals surface area contributed by atoms with Crippen molar-refractivity contribution in [3.05, 3.63) is 58.3 Å². The SMILES string of the molecule is COc1ccc(CCNc2nc(-c3ccc([N+](=O)[O-])o3)nc3c2cnn3C)cc1. The number of ether oxygens (including phenoxy) is 1. The number of nitro groups is 1. The molecule has 4 rings (SSSR count). The predicted octanol–water partition coefficient (Wildman–Crippen LogP) is 3.19. The molecule has 3 aromatic heterocycles. The van der Waals surface area contributed by atoms with Gasteiger partial charge < -0.3 is 14.5 Å². The largest absolute Gasteiger partial charge is 0.497 e. The van der Waals surface area contributed by atoms with Gasteiger partial charge in [0.2, 0.25) is 0 Å². The number of anilines is 1. The Hall–Kier alpha value is -3.95. The van der Waals surface area contributed by atoms with Gasteiger partial charge in [0.25, 0.3) is 0 Å². The summed E-state index contributed by atoms with van der Waals surface area (Å²) in [6.45, 7) is 0.630. The molecule has 3 heterocycles. The van der Waals surface area contributed by atoms with E-state index in [1.165, 1.54) is 12.1 Å². The van der Waals surface area contributed by atoms with Crippen LogP contribution >= 0.6 is 0 Å². The summed E-state index contributed by atoms with van der Waals surface area (Å²) in [6.07, 6.45) is 2.46. The molecule has 0 atom stereocenters. The van der Waals surface area contributed by atoms with Crippen LogP contribution in [0, 0.1) is 10.1 Å². The first-order valence-corrected chi connectivity index (χ1v) is 8.86. The molecule has 1 aromatic carbocycles. The van der Waals surface area contributed by atoms with Gasteiger partial charge in [-0.25, -0.2) is 9.97 Å². The van der Waals surface area contributed by atoms with Gasteiger partial charge in [0, 0.05) is 13.6 Å². The second-order valence-corrected chi connectivity index (χ2v) is 6.32. The predicted molar refractivity (Wildman–Crippen MR) is 106 cm³/mol. The highest BCUT2D eigenvalue weighted by Gasteiger charge is 2.18. The number of aryl methyl sites for hydroxylation is 1. The number of furan rings is 1. The van der Waals surface area contributed by atoms with Crippen molar-refractivity contribution < 1.29 is 14.1 Å². The van der Waals surface area contributed by atoms with Gasteiger partial charge in [-0.2, -0.15) is 5.10 Å². The van der Waals surface area contributed by atoms with Gasteiger partial charge in [0.05, 0.1) is 24.8 Å². The van der Waals surface area contributed by atoms with Gasteiger partial charge in [-0.05, 0) is 30.2 Å². The lowest BCUT2D eigenvalue weighted by Gasteiger charge is -2.09. The van der Waals surface area contributed by atoms with Crippen LogP contribution in [-0.2, 0) is 13.5 Å². The van der Waals surface area contributed by atoms with E-state index in [0.29, 0.717) is 18.0 Å². The third-order valence-corrected chi connectivity index (χ3v) is 4.45. The van der Waals surface area contributed by atoms with Crippen LogP contribution in [0.5, 0.6) is 5.75 Å². The Bertz CT molecular complexity index is 1170. The molecule has 148 valence electrons. The summed E-state index contributed by atoms with van der Waals surface area (Å²) < 4.78 is 12.0. The molecule has 0 amide bonds. The van der Waals surface area contributed by atoms with Gasteiger partial charge in [0.15, 0.2) is 17.2 Å². The smallest absolute Gasteiger partial charge is 0.433 e. The minimum absolute atomic E-state index is 0.220. The molecular formula is C19H18N6O4. The minimum atomic E-state index is -0.597. The first kappa shape index (κ1) is 18.4. The van der Waals surface area contributed by atoms with E-state index in [1.807, 2.05) is 24.3 Å². The van der Waals surface area contributed by atoms with E-state index in [4.69, 9.17) is 9.15 Å². The fourth-order valence-electron chi connectivity index (χ4n) is 2.93. The molecule has 0 aliphatic heterocycles. The van der Waals surface area contributed by atoms with Crippen LogP contribution in [0.15, 0.2) is 47.0 Å². The van der Waals surface area contributed by atoms with Crippen molar-refractivity contribution in [1.82, 2.24) is 19.7 Å². The summed E-state index contributed by atoms with van der Waals surface area (Å²) in [7, 11) is 3.40. The van der Waals surface area contributed by atoms with Crippen molar-refractivity contribution in [2.24, 2.45) is 7.05 Å². The lowest BCUT2D eigenvalue weighted by atomic mass is 10.1. The zero-order valence-electron chi connectivity index (χ0n) is 15.8. The highest BCUT2D eigenvalue weighted by molar-refractivity contribution is 5.87. The van der Waals surface area contributed by atoms with Crippen LogP contribution in [-0.4, -0.2) is 38.3 Å². The molecule has 0 aliphatic carbocycles. The van der Waals surface area contributed by atoms with Crippen molar-refractivity contribution in [1.29, 1.82) is 0 Å². The molecular weight excluding hydrogens is 376 g/mol. The summed E-state index contributed by atoms with van der Waals surface area (Å²) in [5.41, 5.74) is 1.75. The van der Waals surface area contributed by atoms with Crippen molar-refractivity contribution in [3.63, 3.8) is 0 Å². The third kappa shape index (κ3) is 3.72. The zero-order chi connectivity index (χ0) is 20.4. The van der Waals surface area contributed by atoms with E-state index >= 15 is 0 Å². The van der Waals surface area contributed by atoms with E-state index in [0.717, 1.165) is 23.1 Å². The van der Waals surface area contributed by atoms with E-state index in [1.54, 1.807) is 25.0 Å². The van der Waals surface area contributed by atoms with E-state index in [2.05, 4.69) is 20.4 Å². The molecule has 10 heteroatoms. The number of aromatic nitrogens is 4. The normalized spacial score (nSPS) is 11.0. The second kappa shape index (κ2) is 7.58. The minimum Gasteiger partial charge on any atom is -0.497 e. The molecule has 4 aromatic rings. The van der Waals surface area contributed by atoms with Gasteiger partial charge in [-0.15, -0.1) is 0 Å². The van der Waals surface area contributed by atoms with Crippen molar-refractivity contribution in [2.75, 3.05) is 19.0 Å². The Morgan fingerprint density at radius 1 is 1.21 bits per heavy atom. The number of fused-ring (bicyclic) bond motifs is 1. The van der Waals surface area contributed by atoms with Crippen LogP contribution in [0.2, 0.25) is 0 Å². The standard InChI is InChI=1S/C19H18N6O4/c1-24-19-14(11-21-24)17(20-10-9-12-3-5-13(28-2)6-4-12)22-18(23-19)15-7-8-16(29-15)25(26)27/h3-8,11H,9-10H2,1-2H3,(H,20,22,23). The van der Waals surface area contributed by atoms with E-state index < -0.39 is 4.92 Å². The molecule has 0 saturated heterocycles. The maximum Gasteiger partial charge on any atom is 0.433 e. The van der Waals surface area contributed by atoms with E-state index in [-0.39, 0.29) is 17.5 Å². The third-order valence-electron chi connectivity index (χ3n) is 4.45. The summed E-state index contributed by atoms with van der Waals surface area (Å²) in [5, 5.41) is 19.2. The monoisotopic (exact) mass is 394 g/mol.